The van der Waals surface area contributed by atoms with E-state index in [0.29, 0.717) is 28.7 Å². The fourth-order valence-electron chi connectivity index (χ4n) is 2.88. The van der Waals surface area contributed by atoms with Gasteiger partial charge in [-0.2, -0.15) is 5.26 Å². The summed E-state index contributed by atoms with van der Waals surface area (Å²) in [6.07, 6.45) is 1.79. The van der Waals surface area contributed by atoms with Gasteiger partial charge in [0.05, 0.1) is 11.6 Å². The van der Waals surface area contributed by atoms with Crippen LogP contribution in [0.25, 0.3) is 6.08 Å². The second kappa shape index (κ2) is 8.02. The van der Waals surface area contributed by atoms with Crippen molar-refractivity contribution < 1.29 is 9.53 Å². The van der Waals surface area contributed by atoms with Crippen molar-refractivity contribution in [2.75, 3.05) is 13.6 Å². The molecular weight excluding hydrogens is 358 g/mol. The van der Waals surface area contributed by atoms with Gasteiger partial charge in [0, 0.05) is 24.7 Å². The minimum Gasteiger partial charge on any atom is -0.488 e. The van der Waals surface area contributed by atoms with Gasteiger partial charge in [-0.3, -0.25) is 9.69 Å². The molecule has 2 aromatic carbocycles. The first-order valence-electron chi connectivity index (χ1n) is 8.58. The Morgan fingerprint density at radius 2 is 1.89 bits per heavy atom. The van der Waals surface area contributed by atoms with Gasteiger partial charge in [0.15, 0.2) is 5.11 Å². The summed E-state index contributed by atoms with van der Waals surface area (Å²) in [7, 11) is 1.79. The number of benzene rings is 2. The number of ether oxygens (including phenoxy) is 1. The summed E-state index contributed by atoms with van der Waals surface area (Å²) in [5, 5.41) is 9.71. The van der Waals surface area contributed by atoms with Gasteiger partial charge in [0.25, 0.3) is 5.91 Å². The third-order valence-corrected chi connectivity index (χ3v) is 4.89. The highest BCUT2D eigenvalue weighted by Gasteiger charge is 2.34. The Morgan fingerprint density at radius 3 is 2.59 bits per heavy atom. The van der Waals surface area contributed by atoms with Crippen LogP contribution in [0.3, 0.4) is 0 Å². The van der Waals surface area contributed by atoms with Gasteiger partial charge in [-0.1, -0.05) is 36.4 Å². The molecule has 0 spiro atoms. The first kappa shape index (κ1) is 18.6. The number of carbonyl (C=O) groups is 1. The molecule has 0 N–H and O–H groups in total. The standard InChI is InChI=1S/C21H19N3O2S/c1-3-24-20(25)18(23(2)21(24)27)12-15-8-6-7-11-19(15)26-14-17-10-5-4-9-16(17)13-22/h4-12H,3,14H2,1-2H3/b18-12-. The number of thiocarbonyl (C=S) groups is 1. The van der Waals surface area contributed by atoms with Crippen LogP contribution in [0.4, 0.5) is 0 Å². The van der Waals surface area contributed by atoms with E-state index in [9.17, 15) is 10.1 Å². The normalized spacial score (nSPS) is 15.4. The zero-order chi connectivity index (χ0) is 19.4. The highest BCUT2D eigenvalue weighted by Crippen LogP contribution is 2.27. The Hall–Kier alpha value is -3.17. The molecule has 6 heteroatoms. The van der Waals surface area contributed by atoms with Crippen molar-refractivity contribution in [3.63, 3.8) is 0 Å². The first-order chi connectivity index (χ1) is 13.1. The second-order valence-electron chi connectivity index (χ2n) is 6.02. The van der Waals surface area contributed by atoms with E-state index in [0.717, 1.165) is 11.1 Å². The molecule has 0 bridgehead atoms. The Morgan fingerprint density at radius 1 is 1.19 bits per heavy atom. The molecule has 136 valence electrons. The number of rotatable bonds is 5. The van der Waals surface area contributed by atoms with Crippen LogP contribution in [0.1, 0.15) is 23.6 Å². The molecular formula is C21H19N3O2S. The van der Waals surface area contributed by atoms with E-state index in [1.165, 1.54) is 0 Å². The highest BCUT2D eigenvalue weighted by molar-refractivity contribution is 7.80. The molecule has 0 atom stereocenters. The van der Waals surface area contributed by atoms with E-state index < -0.39 is 0 Å². The van der Waals surface area contributed by atoms with Crippen molar-refractivity contribution in [3.8, 4) is 11.8 Å². The van der Waals surface area contributed by atoms with Crippen molar-refractivity contribution in [1.29, 1.82) is 5.26 Å². The summed E-state index contributed by atoms with van der Waals surface area (Å²) < 4.78 is 5.95. The maximum absolute atomic E-state index is 12.6. The fraction of sp³-hybridized carbons (Fsp3) is 0.190. The maximum atomic E-state index is 12.6. The van der Waals surface area contributed by atoms with E-state index in [1.807, 2.05) is 49.4 Å². The van der Waals surface area contributed by atoms with Crippen LogP contribution in [0.15, 0.2) is 54.2 Å². The molecule has 1 saturated heterocycles. The zero-order valence-electron chi connectivity index (χ0n) is 15.2. The van der Waals surface area contributed by atoms with Gasteiger partial charge in [0.1, 0.15) is 18.1 Å². The molecule has 0 aliphatic carbocycles. The molecule has 27 heavy (non-hydrogen) atoms. The van der Waals surface area contributed by atoms with Crippen molar-refractivity contribution >= 4 is 29.3 Å². The average Bonchev–Trinajstić information content (AvgIpc) is 2.90. The number of carbonyl (C=O) groups excluding carboxylic acids is 1. The summed E-state index contributed by atoms with van der Waals surface area (Å²) in [5.74, 6) is 0.523. The fourth-order valence-corrected chi connectivity index (χ4v) is 3.19. The number of likely N-dealkylation sites (N-methyl/N-ethyl adjacent to an activating group) is 2. The Labute approximate surface area is 164 Å². The summed E-state index contributed by atoms with van der Waals surface area (Å²) in [6, 6.07) is 17.0. The summed E-state index contributed by atoms with van der Waals surface area (Å²) >= 11 is 5.34. The molecule has 0 unspecified atom stereocenters. The Bertz CT molecular complexity index is 962. The lowest BCUT2D eigenvalue weighted by Crippen LogP contribution is -2.30. The third-order valence-electron chi connectivity index (χ3n) is 4.39. The minimum atomic E-state index is -0.116. The van der Waals surface area contributed by atoms with Crippen molar-refractivity contribution in [1.82, 2.24) is 9.80 Å². The van der Waals surface area contributed by atoms with Gasteiger partial charge < -0.3 is 9.64 Å². The Kier molecular flexibility index (Phi) is 5.53. The van der Waals surface area contributed by atoms with Crippen LogP contribution >= 0.6 is 12.2 Å². The smallest absolute Gasteiger partial charge is 0.276 e. The molecule has 5 nitrogen and oxygen atoms in total. The van der Waals surface area contributed by atoms with Crippen molar-refractivity contribution in [2.24, 2.45) is 0 Å². The van der Waals surface area contributed by atoms with Crippen molar-refractivity contribution in [3.05, 3.63) is 70.9 Å². The number of para-hydroxylation sites is 1. The number of hydrogen-bond acceptors (Lipinski definition) is 4. The highest BCUT2D eigenvalue weighted by atomic mass is 32.1. The molecule has 1 aliphatic rings. The summed E-state index contributed by atoms with van der Waals surface area (Å²) in [5.41, 5.74) is 2.69. The lowest BCUT2D eigenvalue weighted by molar-refractivity contribution is -0.122. The molecule has 1 aliphatic heterocycles. The summed E-state index contributed by atoms with van der Waals surface area (Å²) in [6.45, 7) is 2.69. The number of hydrogen-bond donors (Lipinski definition) is 0. The van der Waals surface area contributed by atoms with E-state index >= 15 is 0 Å². The number of amides is 1. The van der Waals surface area contributed by atoms with Gasteiger partial charge in [-0.15, -0.1) is 0 Å². The number of nitrogens with zero attached hydrogens (tertiary/aromatic N) is 3. The van der Waals surface area contributed by atoms with E-state index in [-0.39, 0.29) is 12.5 Å². The summed E-state index contributed by atoms with van der Waals surface area (Å²) in [4.78, 5) is 15.9. The van der Waals surface area contributed by atoms with Crippen LogP contribution in [0.2, 0.25) is 0 Å². The molecule has 0 radical (unpaired) electrons. The zero-order valence-corrected chi connectivity index (χ0v) is 16.0. The van der Waals surface area contributed by atoms with Gasteiger partial charge >= 0.3 is 0 Å². The van der Waals surface area contributed by atoms with E-state index in [4.69, 9.17) is 17.0 Å². The van der Waals surface area contributed by atoms with Crippen LogP contribution < -0.4 is 4.74 Å². The van der Waals surface area contributed by atoms with Crippen molar-refractivity contribution in [2.45, 2.75) is 13.5 Å². The second-order valence-corrected chi connectivity index (χ2v) is 6.38. The van der Waals surface area contributed by atoms with Gasteiger partial charge in [-0.05, 0) is 37.4 Å². The Balaban J connectivity index is 1.88. The first-order valence-corrected chi connectivity index (χ1v) is 8.98. The number of nitriles is 1. The topological polar surface area (TPSA) is 56.6 Å². The van der Waals surface area contributed by atoms with Gasteiger partial charge in [0.2, 0.25) is 0 Å². The molecule has 1 fully saturated rings. The van der Waals surface area contributed by atoms with E-state index in [1.54, 1.807) is 29.0 Å². The van der Waals surface area contributed by atoms with Crippen LogP contribution in [-0.2, 0) is 11.4 Å². The average molecular weight is 377 g/mol. The SMILES string of the molecule is CCN1C(=O)/C(=C/c2ccccc2OCc2ccccc2C#N)N(C)C1=S. The van der Waals surface area contributed by atoms with Crippen LogP contribution in [-0.4, -0.2) is 34.4 Å². The minimum absolute atomic E-state index is 0.116. The van der Waals surface area contributed by atoms with Crippen LogP contribution in [0, 0.1) is 11.3 Å². The van der Waals surface area contributed by atoms with Crippen LogP contribution in [0.5, 0.6) is 5.75 Å². The lowest BCUT2D eigenvalue weighted by Gasteiger charge is -2.14. The van der Waals surface area contributed by atoms with E-state index in [2.05, 4.69) is 6.07 Å². The van der Waals surface area contributed by atoms with Gasteiger partial charge in [-0.25, -0.2) is 0 Å². The molecule has 1 heterocycles. The largest absolute Gasteiger partial charge is 0.488 e. The maximum Gasteiger partial charge on any atom is 0.276 e. The third kappa shape index (κ3) is 3.69. The quantitative estimate of drug-likeness (QED) is 0.589. The molecule has 0 aromatic heterocycles. The lowest BCUT2D eigenvalue weighted by atomic mass is 10.1. The predicted molar refractivity (Wildman–Crippen MR) is 108 cm³/mol. The monoisotopic (exact) mass is 377 g/mol. The molecule has 2 aromatic rings. The molecule has 0 saturated carbocycles. The molecule has 1 amide bonds. The predicted octanol–water partition coefficient (Wildman–Crippen LogP) is 3.56. The molecule has 3 rings (SSSR count).